The number of imide groups is 1. The number of nitrogens with one attached hydrogen (secondary N) is 3. The van der Waals surface area contributed by atoms with Gasteiger partial charge in [-0.1, -0.05) is 12.1 Å². The minimum absolute atomic E-state index is 0.0554. The van der Waals surface area contributed by atoms with E-state index in [-0.39, 0.29) is 30.0 Å². The molecule has 0 saturated carbocycles. The first-order chi connectivity index (χ1) is 15.7. The Balaban J connectivity index is 1.35. The van der Waals surface area contributed by atoms with Gasteiger partial charge in [-0.2, -0.15) is 4.31 Å². The molecular weight excluding hydrogens is 446 g/mol. The fraction of sp³-hybridized carbons (Fsp3) is 0.591. The summed E-state index contributed by atoms with van der Waals surface area (Å²) in [5, 5.41) is 9.13. The van der Waals surface area contributed by atoms with Crippen molar-refractivity contribution in [3.8, 4) is 0 Å². The number of rotatable bonds is 4. The van der Waals surface area contributed by atoms with Crippen LogP contribution in [0.5, 0.6) is 0 Å². The largest absolute Gasteiger partial charge is 0.322 e. The first kappa shape index (κ1) is 22.5. The number of hydrogen-bond acceptors (Lipinski definition) is 7. The van der Waals surface area contributed by atoms with E-state index < -0.39 is 27.5 Å². The second kappa shape index (κ2) is 8.15. The average molecular weight is 476 g/mol. The lowest BCUT2D eigenvalue weighted by Crippen LogP contribution is -2.59. The van der Waals surface area contributed by atoms with Crippen LogP contribution < -0.4 is 16.0 Å². The maximum atomic E-state index is 13.1. The van der Waals surface area contributed by atoms with Crippen LogP contribution in [-0.4, -0.2) is 78.9 Å². The Morgan fingerprint density at radius 1 is 1.18 bits per heavy atom. The van der Waals surface area contributed by atoms with Crippen LogP contribution in [0.4, 0.5) is 0 Å². The molecule has 2 unspecified atom stereocenters. The maximum absolute atomic E-state index is 13.1. The van der Waals surface area contributed by atoms with Gasteiger partial charge >= 0.3 is 0 Å². The predicted molar refractivity (Wildman–Crippen MR) is 119 cm³/mol. The molecule has 1 spiro atoms. The van der Waals surface area contributed by atoms with Crippen LogP contribution in [0.3, 0.4) is 0 Å². The molecule has 2 atom stereocenters. The zero-order valence-electron chi connectivity index (χ0n) is 18.6. The summed E-state index contributed by atoms with van der Waals surface area (Å²) < 4.78 is 27.0. The van der Waals surface area contributed by atoms with E-state index in [0.717, 1.165) is 37.1 Å². The summed E-state index contributed by atoms with van der Waals surface area (Å²) in [7, 11) is -1.65. The molecule has 4 aliphatic heterocycles. The molecule has 4 heterocycles. The van der Waals surface area contributed by atoms with Crippen LogP contribution in [0.15, 0.2) is 18.2 Å². The van der Waals surface area contributed by atoms with Crippen LogP contribution in [0.25, 0.3) is 0 Å². The SMILES string of the molecule is CN1C2(CCNCC2)C(NCc2cccc3c2CN(C2CCC(=O)NC2=O)C3=O)CS1(=O)=O. The number of fused-ring (bicyclic) bond motifs is 1. The van der Waals surface area contributed by atoms with E-state index >= 15 is 0 Å². The summed E-state index contributed by atoms with van der Waals surface area (Å²) in [5.74, 6) is -0.896. The molecule has 178 valence electrons. The minimum atomic E-state index is -3.33. The fourth-order valence-corrected chi connectivity index (χ4v) is 7.73. The Labute approximate surface area is 193 Å². The monoisotopic (exact) mass is 475 g/mol. The van der Waals surface area contributed by atoms with Gasteiger partial charge in [0.15, 0.2) is 0 Å². The number of nitrogens with zero attached hydrogens (tertiary/aromatic N) is 2. The van der Waals surface area contributed by atoms with Crippen molar-refractivity contribution >= 4 is 27.7 Å². The number of likely N-dealkylation sites (N-methyl/N-ethyl adjacent to an activating group) is 1. The summed E-state index contributed by atoms with van der Waals surface area (Å²) in [5.41, 5.74) is 1.89. The highest BCUT2D eigenvalue weighted by molar-refractivity contribution is 7.89. The van der Waals surface area contributed by atoms with Gasteiger partial charge in [0, 0.05) is 38.2 Å². The molecule has 3 fully saturated rings. The molecular formula is C22H29N5O5S. The summed E-state index contributed by atoms with van der Waals surface area (Å²) in [6, 6.07) is 4.65. The molecule has 3 amide bonds. The Morgan fingerprint density at radius 2 is 1.94 bits per heavy atom. The molecule has 33 heavy (non-hydrogen) atoms. The van der Waals surface area contributed by atoms with Crippen molar-refractivity contribution in [3.63, 3.8) is 0 Å². The highest BCUT2D eigenvalue weighted by Crippen LogP contribution is 2.38. The second-order valence-corrected chi connectivity index (χ2v) is 11.4. The number of sulfonamides is 1. The van der Waals surface area contributed by atoms with Crippen LogP contribution in [0.2, 0.25) is 0 Å². The topological polar surface area (TPSA) is 128 Å². The van der Waals surface area contributed by atoms with Crippen molar-refractivity contribution in [1.82, 2.24) is 25.2 Å². The lowest BCUT2D eigenvalue weighted by atomic mass is 9.82. The van der Waals surface area contributed by atoms with E-state index in [2.05, 4.69) is 16.0 Å². The Bertz CT molecular complexity index is 1110. The summed E-state index contributed by atoms with van der Waals surface area (Å²) in [6.45, 7) is 2.28. The molecule has 1 aromatic carbocycles. The fourth-order valence-electron chi connectivity index (χ4n) is 5.79. The van der Waals surface area contributed by atoms with E-state index in [0.29, 0.717) is 25.1 Å². The molecule has 3 N–H and O–H groups in total. The van der Waals surface area contributed by atoms with Crippen molar-refractivity contribution in [2.24, 2.45) is 0 Å². The van der Waals surface area contributed by atoms with Gasteiger partial charge in [0.25, 0.3) is 5.91 Å². The Morgan fingerprint density at radius 3 is 2.67 bits per heavy atom. The summed E-state index contributed by atoms with van der Waals surface area (Å²) in [4.78, 5) is 38.4. The molecule has 10 nitrogen and oxygen atoms in total. The maximum Gasteiger partial charge on any atom is 0.255 e. The van der Waals surface area contributed by atoms with Gasteiger partial charge in [-0.15, -0.1) is 0 Å². The smallest absolute Gasteiger partial charge is 0.255 e. The lowest BCUT2D eigenvalue weighted by molar-refractivity contribution is -0.136. The van der Waals surface area contributed by atoms with Crippen molar-refractivity contribution < 1.29 is 22.8 Å². The number of piperidine rings is 2. The van der Waals surface area contributed by atoms with Crippen molar-refractivity contribution in [1.29, 1.82) is 0 Å². The van der Waals surface area contributed by atoms with Crippen LogP contribution in [0, 0.1) is 0 Å². The molecule has 3 saturated heterocycles. The predicted octanol–water partition coefficient (Wildman–Crippen LogP) is -0.697. The van der Waals surface area contributed by atoms with Gasteiger partial charge < -0.3 is 15.5 Å². The first-order valence-corrected chi connectivity index (χ1v) is 13.0. The molecule has 4 aliphatic rings. The van der Waals surface area contributed by atoms with E-state index in [9.17, 15) is 22.8 Å². The summed E-state index contributed by atoms with van der Waals surface area (Å²) >= 11 is 0. The van der Waals surface area contributed by atoms with Gasteiger partial charge in [0.05, 0.1) is 11.3 Å². The molecule has 0 aromatic heterocycles. The van der Waals surface area contributed by atoms with Crippen LogP contribution in [-0.2, 0) is 32.7 Å². The molecule has 11 heteroatoms. The van der Waals surface area contributed by atoms with E-state index in [1.54, 1.807) is 17.4 Å². The lowest BCUT2D eigenvalue weighted by Gasteiger charge is -2.42. The molecule has 0 bridgehead atoms. The molecule has 0 aliphatic carbocycles. The number of benzene rings is 1. The van der Waals surface area contributed by atoms with Crippen LogP contribution >= 0.6 is 0 Å². The highest BCUT2D eigenvalue weighted by Gasteiger charge is 2.54. The van der Waals surface area contributed by atoms with E-state index in [1.807, 2.05) is 12.1 Å². The molecule has 5 rings (SSSR count). The average Bonchev–Trinajstić information content (AvgIpc) is 3.21. The quantitative estimate of drug-likeness (QED) is 0.492. The highest BCUT2D eigenvalue weighted by atomic mass is 32.2. The first-order valence-electron chi connectivity index (χ1n) is 11.4. The zero-order valence-corrected chi connectivity index (χ0v) is 19.4. The van der Waals surface area contributed by atoms with E-state index in [1.165, 1.54) is 4.90 Å². The van der Waals surface area contributed by atoms with Crippen LogP contribution in [0.1, 0.15) is 47.2 Å². The van der Waals surface area contributed by atoms with Crippen molar-refractivity contribution in [2.75, 3.05) is 25.9 Å². The minimum Gasteiger partial charge on any atom is -0.322 e. The van der Waals surface area contributed by atoms with Gasteiger partial charge in [-0.25, -0.2) is 8.42 Å². The molecule has 0 radical (unpaired) electrons. The molecule has 1 aromatic rings. The van der Waals surface area contributed by atoms with Crippen molar-refractivity contribution in [2.45, 2.75) is 56.4 Å². The summed E-state index contributed by atoms with van der Waals surface area (Å²) in [6.07, 6.45) is 2.02. The van der Waals surface area contributed by atoms with Gasteiger partial charge in [-0.05, 0) is 49.5 Å². The van der Waals surface area contributed by atoms with Gasteiger partial charge in [0.2, 0.25) is 21.8 Å². The van der Waals surface area contributed by atoms with Gasteiger partial charge in [-0.3, -0.25) is 19.7 Å². The Kier molecular flexibility index (Phi) is 5.55. The third-order valence-corrected chi connectivity index (χ3v) is 9.71. The second-order valence-electron chi connectivity index (χ2n) is 9.38. The van der Waals surface area contributed by atoms with Crippen molar-refractivity contribution in [3.05, 3.63) is 34.9 Å². The zero-order chi connectivity index (χ0) is 23.4. The normalized spacial score (nSPS) is 28.9. The number of hydrogen-bond donors (Lipinski definition) is 3. The standard InChI is InChI=1S/C22H29N5O5S/c1-26-22(7-9-23-10-8-22)18(13-33(26,31)32)24-11-14-3-2-4-15-16(14)12-27(21(15)30)17-5-6-19(28)25-20(17)29/h2-4,17-18,23-24H,5-13H2,1H3,(H,25,28,29). The third kappa shape index (κ3) is 3.67. The number of amides is 3. The third-order valence-electron chi connectivity index (χ3n) is 7.76. The number of carbonyl (C=O) groups excluding carboxylic acids is 3. The number of carbonyl (C=O) groups is 3. The Hall–Kier alpha value is -2.34. The van der Waals surface area contributed by atoms with Gasteiger partial charge in [0.1, 0.15) is 6.04 Å². The van der Waals surface area contributed by atoms with E-state index in [4.69, 9.17) is 0 Å².